The predicted octanol–water partition coefficient (Wildman–Crippen LogP) is 1.59. The highest BCUT2D eigenvalue weighted by atomic mass is 32.2. The number of rotatable bonds is 4. The molecule has 4 rings (SSSR count). The maximum atomic E-state index is 9.37. The number of nitrogens with two attached hydrogens (primary N) is 1. The monoisotopic (exact) mass is 345 g/mol. The van der Waals surface area contributed by atoms with Crippen LogP contribution in [0.15, 0.2) is 28.5 Å². The highest BCUT2D eigenvalue weighted by molar-refractivity contribution is 7.99. The highest BCUT2D eigenvalue weighted by Crippen LogP contribution is 2.40. The molecular formula is C15H15N5O3S. The van der Waals surface area contributed by atoms with Crippen LogP contribution in [0.25, 0.3) is 11.2 Å². The summed E-state index contributed by atoms with van der Waals surface area (Å²) in [5.41, 5.74) is 8.09. The van der Waals surface area contributed by atoms with Crippen molar-refractivity contribution in [2.45, 2.75) is 23.5 Å². The number of ether oxygens (including phenoxy) is 2. The normalized spacial score (nSPS) is 12.9. The maximum Gasteiger partial charge on any atom is 0.231 e. The molecule has 0 saturated carbocycles. The standard InChI is InChI=1S/C15H15N5O3S/c1-8-4-9-10(23-7-22-9)5-11(8)24-15-19-12-13(16)17-6-18-14(12)20(15)2-3-21/h4-6,21H,2-3,7H2,1H3,(H2,16,17,18). The molecule has 0 aliphatic carbocycles. The topological polar surface area (TPSA) is 108 Å². The average Bonchev–Trinajstić information content (AvgIpc) is 3.14. The van der Waals surface area contributed by atoms with Gasteiger partial charge >= 0.3 is 0 Å². The van der Waals surface area contributed by atoms with Crippen LogP contribution in [0, 0.1) is 6.92 Å². The van der Waals surface area contributed by atoms with E-state index < -0.39 is 0 Å². The van der Waals surface area contributed by atoms with Crippen LogP contribution in [0.2, 0.25) is 0 Å². The minimum Gasteiger partial charge on any atom is -0.454 e. The van der Waals surface area contributed by atoms with Crippen molar-refractivity contribution >= 4 is 28.7 Å². The van der Waals surface area contributed by atoms with E-state index in [4.69, 9.17) is 15.2 Å². The number of aryl methyl sites for hydroxylation is 1. The van der Waals surface area contributed by atoms with Gasteiger partial charge in [-0.05, 0) is 24.6 Å². The van der Waals surface area contributed by atoms with E-state index in [1.807, 2.05) is 23.6 Å². The van der Waals surface area contributed by atoms with Crippen LogP contribution >= 0.6 is 11.8 Å². The lowest BCUT2D eigenvalue weighted by atomic mass is 10.2. The number of anilines is 1. The fourth-order valence-electron chi connectivity index (χ4n) is 2.55. The zero-order valence-corrected chi connectivity index (χ0v) is 13.7. The number of aromatic nitrogens is 4. The van der Waals surface area contributed by atoms with Crippen LogP contribution in [-0.4, -0.2) is 38.0 Å². The van der Waals surface area contributed by atoms with Gasteiger partial charge in [0.2, 0.25) is 6.79 Å². The Kier molecular flexibility index (Phi) is 3.66. The van der Waals surface area contributed by atoms with Crippen molar-refractivity contribution in [3.8, 4) is 11.5 Å². The quantitative estimate of drug-likeness (QED) is 0.734. The lowest BCUT2D eigenvalue weighted by Gasteiger charge is -2.09. The molecule has 0 unspecified atom stereocenters. The largest absolute Gasteiger partial charge is 0.454 e. The van der Waals surface area contributed by atoms with Gasteiger partial charge in [-0.15, -0.1) is 0 Å². The Morgan fingerprint density at radius 1 is 1.29 bits per heavy atom. The molecule has 3 N–H and O–H groups in total. The number of imidazole rings is 1. The summed E-state index contributed by atoms with van der Waals surface area (Å²) >= 11 is 1.46. The molecule has 3 aromatic rings. The first-order valence-corrected chi connectivity index (χ1v) is 8.14. The number of aliphatic hydroxyl groups excluding tert-OH is 1. The molecule has 2 aromatic heterocycles. The summed E-state index contributed by atoms with van der Waals surface area (Å²) in [7, 11) is 0. The SMILES string of the molecule is Cc1cc2c(cc1Sc1nc3c(N)ncnc3n1CCO)OCO2. The molecular weight excluding hydrogens is 330 g/mol. The second-order valence-corrected chi connectivity index (χ2v) is 6.28. The van der Waals surface area contributed by atoms with Crippen molar-refractivity contribution in [1.29, 1.82) is 0 Å². The molecule has 0 bridgehead atoms. The summed E-state index contributed by atoms with van der Waals surface area (Å²) in [6.07, 6.45) is 1.40. The lowest BCUT2D eigenvalue weighted by molar-refractivity contribution is 0.174. The molecule has 8 nitrogen and oxygen atoms in total. The van der Waals surface area contributed by atoms with Crippen molar-refractivity contribution in [3.63, 3.8) is 0 Å². The van der Waals surface area contributed by atoms with Gasteiger partial charge in [-0.25, -0.2) is 15.0 Å². The zero-order chi connectivity index (χ0) is 16.7. The van der Waals surface area contributed by atoms with E-state index in [0.717, 1.165) is 16.2 Å². The van der Waals surface area contributed by atoms with Gasteiger partial charge in [0.25, 0.3) is 0 Å². The summed E-state index contributed by atoms with van der Waals surface area (Å²) in [6, 6.07) is 3.87. The summed E-state index contributed by atoms with van der Waals surface area (Å²) in [5.74, 6) is 1.78. The van der Waals surface area contributed by atoms with Crippen LogP contribution in [-0.2, 0) is 6.54 Å². The summed E-state index contributed by atoms with van der Waals surface area (Å²) in [5, 5.41) is 10.1. The van der Waals surface area contributed by atoms with Crippen molar-refractivity contribution < 1.29 is 14.6 Å². The average molecular weight is 345 g/mol. The number of benzene rings is 1. The van der Waals surface area contributed by atoms with Gasteiger partial charge in [-0.2, -0.15) is 0 Å². The van der Waals surface area contributed by atoms with Crippen LogP contribution in [0.1, 0.15) is 5.56 Å². The molecule has 1 aliphatic heterocycles. The Morgan fingerprint density at radius 2 is 2.08 bits per heavy atom. The number of hydrogen-bond acceptors (Lipinski definition) is 8. The van der Waals surface area contributed by atoms with Crippen molar-refractivity contribution in [1.82, 2.24) is 19.5 Å². The lowest BCUT2D eigenvalue weighted by Crippen LogP contribution is -2.05. The van der Waals surface area contributed by atoms with Gasteiger partial charge in [-0.1, -0.05) is 11.8 Å². The number of aliphatic hydroxyl groups is 1. The fourth-order valence-corrected chi connectivity index (χ4v) is 3.55. The fraction of sp³-hybridized carbons (Fsp3) is 0.267. The van der Waals surface area contributed by atoms with Crippen molar-refractivity contribution in [2.24, 2.45) is 0 Å². The first-order valence-electron chi connectivity index (χ1n) is 7.33. The van der Waals surface area contributed by atoms with Gasteiger partial charge in [0.15, 0.2) is 33.6 Å². The van der Waals surface area contributed by atoms with E-state index in [2.05, 4.69) is 15.0 Å². The predicted molar refractivity (Wildman–Crippen MR) is 88.2 cm³/mol. The molecule has 3 heterocycles. The number of hydrogen-bond donors (Lipinski definition) is 2. The van der Waals surface area contributed by atoms with Crippen LogP contribution in [0.5, 0.6) is 11.5 Å². The highest BCUT2D eigenvalue weighted by Gasteiger charge is 2.20. The summed E-state index contributed by atoms with van der Waals surface area (Å²) in [6.45, 7) is 2.58. The number of fused-ring (bicyclic) bond motifs is 2. The van der Waals surface area contributed by atoms with Crippen LogP contribution in [0.4, 0.5) is 5.82 Å². The Hall–Kier alpha value is -2.52. The third-order valence-corrected chi connectivity index (χ3v) is 4.87. The second kappa shape index (κ2) is 5.84. The van der Waals surface area contributed by atoms with E-state index in [1.54, 1.807) is 0 Å². The molecule has 0 saturated heterocycles. The number of nitrogens with zero attached hydrogens (tertiary/aromatic N) is 4. The van der Waals surface area contributed by atoms with Crippen molar-refractivity contribution in [3.05, 3.63) is 24.0 Å². The molecule has 9 heteroatoms. The molecule has 1 aromatic carbocycles. The molecule has 0 fully saturated rings. The summed E-state index contributed by atoms with van der Waals surface area (Å²) < 4.78 is 12.7. The molecule has 0 atom stereocenters. The molecule has 0 radical (unpaired) electrons. The van der Waals surface area contributed by atoms with Crippen LogP contribution in [0.3, 0.4) is 0 Å². The molecule has 0 amide bonds. The molecule has 0 spiro atoms. The maximum absolute atomic E-state index is 9.37. The Labute approximate surface area is 141 Å². The van der Waals surface area contributed by atoms with Gasteiger partial charge in [0.1, 0.15) is 6.33 Å². The minimum absolute atomic E-state index is 0.0248. The van der Waals surface area contributed by atoms with E-state index in [1.165, 1.54) is 18.1 Å². The van der Waals surface area contributed by atoms with Crippen LogP contribution < -0.4 is 15.2 Å². The van der Waals surface area contributed by atoms with Gasteiger partial charge in [0, 0.05) is 11.4 Å². The van der Waals surface area contributed by atoms with Gasteiger partial charge in [0.05, 0.1) is 6.61 Å². The second-order valence-electron chi connectivity index (χ2n) is 5.27. The van der Waals surface area contributed by atoms with E-state index >= 15 is 0 Å². The number of nitrogen functional groups attached to an aromatic ring is 1. The van der Waals surface area contributed by atoms with E-state index in [0.29, 0.717) is 34.4 Å². The Bertz CT molecular complexity index is 927. The molecule has 24 heavy (non-hydrogen) atoms. The molecule has 1 aliphatic rings. The first kappa shape index (κ1) is 15.0. The first-order chi connectivity index (χ1) is 11.7. The minimum atomic E-state index is -0.0248. The van der Waals surface area contributed by atoms with E-state index in [-0.39, 0.29) is 13.4 Å². The van der Waals surface area contributed by atoms with Crippen molar-refractivity contribution in [2.75, 3.05) is 19.1 Å². The van der Waals surface area contributed by atoms with Gasteiger partial charge < -0.3 is 24.9 Å². The molecule has 124 valence electrons. The third kappa shape index (κ3) is 2.42. The third-order valence-electron chi connectivity index (χ3n) is 3.72. The zero-order valence-electron chi connectivity index (χ0n) is 12.9. The van der Waals surface area contributed by atoms with E-state index in [9.17, 15) is 5.11 Å². The smallest absolute Gasteiger partial charge is 0.231 e. The van der Waals surface area contributed by atoms with Gasteiger partial charge in [-0.3, -0.25) is 0 Å². The Balaban J connectivity index is 1.80. The Morgan fingerprint density at radius 3 is 2.88 bits per heavy atom. The summed E-state index contributed by atoms with van der Waals surface area (Å²) in [4.78, 5) is 13.8.